The number of aromatic nitrogens is 2. The van der Waals surface area contributed by atoms with E-state index < -0.39 is 0 Å². The van der Waals surface area contributed by atoms with E-state index in [0.29, 0.717) is 0 Å². The lowest BCUT2D eigenvalue weighted by molar-refractivity contribution is 0.918. The van der Waals surface area contributed by atoms with E-state index in [1.807, 2.05) is 33.8 Å². The molecule has 0 amide bonds. The maximum absolute atomic E-state index is 4.96. The summed E-state index contributed by atoms with van der Waals surface area (Å²) in [4.78, 5) is 4.96. The molecule has 0 aliphatic heterocycles. The SMILES string of the molecule is CC.CC.Cc1cc2ccccc2nc1-c1c(C)n(C)c2ccccc12. The fourth-order valence-electron chi connectivity index (χ4n) is 3.29. The smallest absolute Gasteiger partial charge is 0.0763 e. The highest BCUT2D eigenvalue weighted by Crippen LogP contribution is 2.35. The van der Waals surface area contributed by atoms with Crippen LogP contribution in [0.1, 0.15) is 39.0 Å². The summed E-state index contributed by atoms with van der Waals surface area (Å²) in [5.74, 6) is 0. The van der Waals surface area contributed by atoms with Crippen LogP contribution in [0.15, 0.2) is 54.6 Å². The number of hydrogen-bond donors (Lipinski definition) is 0. The third-order valence-electron chi connectivity index (χ3n) is 4.55. The van der Waals surface area contributed by atoms with E-state index in [9.17, 15) is 0 Å². The van der Waals surface area contributed by atoms with Crippen LogP contribution in [0.4, 0.5) is 0 Å². The second-order valence-corrected chi connectivity index (χ2v) is 5.88. The summed E-state index contributed by atoms with van der Waals surface area (Å²) in [7, 11) is 2.12. The van der Waals surface area contributed by atoms with Crippen molar-refractivity contribution in [3.63, 3.8) is 0 Å². The molecule has 0 fully saturated rings. The Hall–Kier alpha value is -2.61. The second-order valence-electron chi connectivity index (χ2n) is 5.88. The van der Waals surface area contributed by atoms with Gasteiger partial charge < -0.3 is 4.57 Å². The molecule has 0 N–H and O–H groups in total. The maximum atomic E-state index is 4.96. The maximum Gasteiger partial charge on any atom is 0.0763 e. The Morgan fingerprint density at radius 2 is 1.42 bits per heavy atom. The predicted octanol–water partition coefficient (Wildman–Crippen LogP) is 7.06. The van der Waals surface area contributed by atoms with Gasteiger partial charge in [-0.1, -0.05) is 64.1 Å². The quantitative estimate of drug-likeness (QED) is 0.360. The van der Waals surface area contributed by atoms with Crippen LogP contribution in [0.25, 0.3) is 33.1 Å². The van der Waals surface area contributed by atoms with E-state index in [1.165, 1.54) is 33.1 Å². The summed E-state index contributed by atoms with van der Waals surface area (Å²) in [6.45, 7) is 12.3. The lowest BCUT2D eigenvalue weighted by Gasteiger charge is -2.08. The highest BCUT2D eigenvalue weighted by Gasteiger charge is 2.16. The molecule has 0 unspecified atom stereocenters. The fourth-order valence-corrected chi connectivity index (χ4v) is 3.29. The molecule has 0 saturated heterocycles. The zero-order valence-electron chi connectivity index (χ0n) is 17.1. The number of nitrogens with zero attached hydrogens (tertiary/aromatic N) is 2. The van der Waals surface area contributed by atoms with Crippen LogP contribution in [-0.4, -0.2) is 9.55 Å². The number of para-hydroxylation sites is 2. The van der Waals surface area contributed by atoms with Crippen LogP contribution in [0, 0.1) is 13.8 Å². The molecule has 2 aromatic heterocycles. The highest BCUT2D eigenvalue weighted by molar-refractivity contribution is 5.99. The molecule has 2 nitrogen and oxygen atoms in total. The average Bonchev–Trinajstić information content (AvgIpc) is 2.95. The molecule has 0 spiro atoms. The number of fused-ring (bicyclic) bond motifs is 2. The van der Waals surface area contributed by atoms with Gasteiger partial charge in [-0.2, -0.15) is 0 Å². The van der Waals surface area contributed by atoms with Gasteiger partial charge in [0.25, 0.3) is 0 Å². The van der Waals surface area contributed by atoms with E-state index in [4.69, 9.17) is 4.98 Å². The van der Waals surface area contributed by atoms with Gasteiger partial charge in [0.05, 0.1) is 11.2 Å². The Morgan fingerprint density at radius 3 is 2.15 bits per heavy atom. The first kappa shape index (κ1) is 19.7. The molecule has 0 bridgehead atoms. The fraction of sp³-hybridized carbons (Fsp3) is 0.292. The Labute approximate surface area is 157 Å². The van der Waals surface area contributed by atoms with Gasteiger partial charge in [0.2, 0.25) is 0 Å². The van der Waals surface area contributed by atoms with Gasteiger partial charge >= 0.3 is 0 Å². The first-order valence-electron chi connectivity index (χ1n) is 9.57. The molecule has 4 rings (SSSR count). The minimum Gasteiger partial charge on any atom is -0.347 e. The van der Waals surface area contributed by atoms with Crippen molar-refractivity contribution in [2.75, 3.05) is 0 Å². The molecule has 0 aliphatic rings. The summed E-state index contributed by atoms with van der Waals surface area (Å²) in [5.41, 5.74) is 7.12. The molecule has 136 valence electrons. The van der Waals surface area contributed by atoms with Gasteiger partial charge in [0, 0.05) is 34.6 Å². The molecular weight excluding hydrogens is 316 g/mol. The van der Waals surface area contributed by atoms with Crippen LogP contribution in [0.5, 0.6) is 0 Å². The molecule has 0 atom stereocenters. The Morgan fingerprint density at radius 1 is 0.808 bits per heavy atom. The van der Waals surface area contributed by atoms with Crippen LogP contribution in [0.2, 0.25) is 0 Å². The van der Waals surface area contributed by atoms with Gasteiger partial charge in [-0.15, -0.1) is 0 Å². The van der Waals surface area contributed by atoms with E-state index in [-0.39, 0.29) is 0 Å². The van der Waals surface area contributed by atoms with Gasteiger partial charge in [0.1, 0.15) is 0 Å². The number of benzene rings is 2. The number of aryl methyl sites for hydroxylation is 2. The topological polar surface area (TPSA) is 17.8 Å². The molecule has 2 heteroatoms. The first-order chi connectivity index (χ1) is 12.7. The number of rotatable bonds is 1. The Kier molecular flexibility index (Phi) is 6.57. The van der Waals surface area contributed by atoms with Crippen molar-refractivity contribution < 1.29 is 0 Å². The van der Waals surface area contributed by atoms with Crippen LogP contribution >= 0.6 is 0 Å². The number of pyridine rings is 1. The first-order valence-corrected chi connectivity index (χ1v) is 9.57. The van der Waals surface area contributed by atoms with Gasteiger partial charge in [-0.25, -0.2) is 4.98 Å². The lowest BCUT2D eigenvalue weighted by atomic mass is 10.0. The Balaban J connectivity index is 0.000000570. The third-order valence-corrected chi connectivity index (χ3v) is 4.55. The third kappa shape index (κ3) is 3.37. The van der Waals surface area contributed by atoms with Crippen molar-refractivity contribution in [2.24, 2.45) is 7.05 Å². The van der Waals surface area contributed by atoms with Crippen molar-refractivity contribution in [3.8, 4) is 11.3 Å². The van der Waals surface area contributed by atoms with Gasteiger partial charge in [-0.05, 0) is 37.6 Å². The summed E-state index contributed by atoms with van der Waals surface area (Å²) < 4.78 is 2.25. The highest BCUT2D eigenvalue weighted by atomic mass is 14.9. The summed E-state index contributed by atoms with van der Waals surface area (Å²) in [6, 6.07) is 19.1. The standard InChI is InChI=1S/C20H18N2.2C2H6/c1-13-12-15-8-4-6-10-17(15)21-20(13)19-14(2)22(3)18-11-7-5-9-16(18)19;2*1-2/h4-12H,1-3H3;2*1-2H3. The predicted molar refractivity (Wildman–Crippen MR) is 116 cm³/mol. The molecule has 26 heavy (non-hydrogen) atoms. The summed E-state index contributed by atoms with van der Waals surface area (Å²) in [6.07, 6.45) is 0. The second kappa shape index (κ2) is 8.66. The van der Waals surface area contributed by atoms with Gasteiger partial charge in [0.15, 0.2) is 0 Å². The van der Waals surface area contributed by atoms with Crippen molar-refractivity contribution in [2.45, 2.75) is 41.5 Å². The minimum absolute atomic E-state index is 1.05. The molecular formula is C24H30N2. The largest absolute Gasteiger partial charge is 0.347 e. The van der Waals surface area contributed by atoms with E-state index in [1.54, 1.807) is 0 Å². The van der Waals surface area contributed by atoms with Crippen LogP contribution in [-0.2, 0) is 7.05 Å². The van der Waals surface area contributed by atoms with Crippen molar-refractivity contribution in [3.05, 3.63) is 65.9 Å². The summed E-state index contributed by atoms with van der Waals surface area (Å²) >= 11 is 0. The van der Waals surface area contributed by atoms with E-state index in [0.717, 1.165) is 11.2 Å². The van der Waals surface area contributed by atoms with Crippen LogP contribution in [0.3, 0.4) is 0 Å². The minimum atomic E-state index is 1.05. The molecule has 2 heterocycles. The number of hydrogen-bond acceptors (Lipinski definition) is 1. The molecule has 2 aromatic carbocycles. The Bertz CT molecular complexity index is 1010. The zero-order chi connectivity index (χ0) is 19.3. The lowest BCUT2D eigenvalue weighted by Crippen LogP contribution is -1.94. The van der Waals surface area contributed by atoms with E-state index >= 15 is 0 Å². The van der Waals surface area contributed by atoms with Crippen LogP contribution < -0.4 is 0 Å². The normalized spacial score (nSPS) is 10.1. The van der Waals surface area contributed by atoms with E-state index in [2.05, 4.69) is 74.0 Å². The average molecular weight is 347 g/mol. The zero-order valence-corrected chi connectivity index (χ0v) is 17.1. The molecule has 0 saturated carbocycles. The molecule has 4 aromatic rings. The van der Waals surface area contributed by atoms with Crippen molar-refractivity contribution in [1.29, 1.82) is 0 Å². The molecule has 0 aliphatic carbocycles. The monoisotopic (exact) mass is 346 g/mol. The van der Waals surface area contributed by atoms with Gasteiger partial charge in [-0.3, -0.25) is 0 Å². The molecule has 0 radical (unpaired) electrons. The van der Waals surface area contributed by atoms with Crippen molar-refractivity contribution >= 4 is 21.8 Å². The van der Waals surface area contributed by atoms with Crippen molar-refractivity contribution in [1.82, 2.24) is 9.55 Å². The summed E-state index contributed by atoms with van der Waals surface area (Å²) in [5, 5.41) is 2.47.